The zero-order valence-corrected chi connectivity index (χ0v) is 13.0. The standard InChI is InChI=1S/C16H22ClN3/c1-12-5-3-7-14-16(12)20(15(18-14)8-9-17)11-13-6-4-10-19(13)2/h3,5,7,13H,4,6,8-11H2,1-2H3. The van der Waals surface area contributed by atoms with Gasteiger partial charge >= 0.3 is 0 Å². The lowest BCUT2D eigenvalue weighted by atomic mass is 10.2. The van der Waals surface area contributed by atoms with Crippen LogP contribution in [0.1, 0.15) is 24.2 Å². The average Bonchev–Trinajstić information content (AvgIpc) is 2.97. The summed E-state index contributed by atoms with van der Waals surface area (Å²) in [7, 11) is 2.23. The van der Waals surface area contributed by atoms with E-state index in [-0.39, 0.29) is 0 Å². The first kappa shape index (κ1) is 13.9. The van der Waals surface area contributed by atoms with Crippen LogP contribution in [-0.4, -0.2) is 40.0 Å². The molecular formula is C16H22ClN3. The van der Waals surface area contributed by atoms with Gasteiger partial charge in [0, 0.05) is 24.9 Å². The smallest absolute Gasteiger partial charge is 0.111 e. The molecule has 4 heteroatoms. The van der Waals surface area contributed by atoms with Crippen molar-refractivity contribution in [3.05, 3.63) is 29.6 Å². The van der Waals surface area contributed by atoms with Crippen molar-refractivity contribution in [3.8, 4) is 0 Å². The van der Waals surface area contributed by atoms with Crippen LogP contribution in [0.3, 0.4) is 0 Å². The number of fused-ring (bicyclic) bond motifs is 1. The highest BCUT2D eigenvalue weighted by Gasteiger charge is 2.23. The van der Waals surface area contributed by atoms with Crippen molar-refractivity contribution in [1.82, 2.24) is 14.5 Å². The van der Waals surface area contributed by atoms with Crippen LogP contribution in [0.4, 0.5) is 0 Å². The Kier molecular flexibility index (Phi) is 3.99. The van der Waals surface area contributed by atoms with Crippen molar-refractivity contribution >= 4 is 22.6 Å². The van der Waals surface area contributed by atoms with Gasteiger partial charge in [0.2, 0.25) is 0 Å². The van der Waals surface area contributed by atoms with Gasteiger partial charge in [-0.1, -0.05) is 12.1 Å². The van der Waals surface area contributed by atoms with Gasteiger partial charge in [-0.2, -0.15) is 0 Å². The summed E-state index contributed by atoms with van der Waals surface area (Å²) in [5.41, 5.74) is 3.69. The molecule has 1 aliphatic heterocycles. The highest BCUT2D eigenvalue weighted by molar-refractivity contribution is 6.17. The third kappa shape index (κ3) is 2.45. The van der Waals surface area contributed by atoms with Crippen LogP contribution in [0.15, 0.2) is 18.2 Å². The lowest BCUT2D eigenvalue weighted by Crippen LogP contribution is -2.30. The normalized spacial score (nSPS) is 20.1. The molecule has 3 nitrogen and oxygen atoms in total. The Morgan fingerprint density at radius 3 is 2.95 bits per heavy atom. The number of hydrogen-bond donors (Lipinski definition) is 0. The Morgan fingerprint density at radius 1 is 1.40 bits per heavy atom. The molecule has 1 aromatic carbocycles. The molecule has 2 heterocycles. The fraction of sp³-hybridized carbons (Fsp3) is 0.562. The summed E-state index contributed by atoms with van der Waals surface area (Å²) in [6.07, 6.45) is 3.42. The number of halogens is 1. The first-order chi connectivity index (χ1) is 9.70. The summed E-state index contributed by atoms with van der Waals surface area (Å²) in [6.45, 7) is 4.41. The van der Waals surface area contributed by atoms with E-state index in [1.807, 2.05) is 0 Å². The largest absolute Gasteiger partial charge is 0.326 e. The number of aromatic nitrogens is 2. The Balaban J connectivity index is 2.03. The number of hydrogen-bond acceptors (Lipinski definition) is 2. The van der Waals surface area contributed by atoms with Crippen LogP contribution >= 0.6 is 11.6 Å². The lowest BCUT2D eigenvalue weighted by molar-refractivity contribution is 0.282. The molecule has 0 radical (unpaired) electrons. The van der Waals surface area contributed by atoms with Gasteiger partial charge in [-0.05, 0) is 45.0 Å². The fourth-order valence-electron chi connectivity index (χ4n) is 3.31. The van der Waals surface area contributed by atoms with Gasteiger partial charge in [-0.15, -0.1) is 11.6 Å². The second-order valence-electron chi connectivity index (χ2n) is 5.80. The highest BCUT2D eigenvalue weighted by Crippen LogP contribution is 2.24. The quantitative estimate of drug-likeness (QED) is 0.807. The predicted octanol–water partition coefficient (Wildman–Crippen LogP) is 3.22. The van der Waals surface area contributed by atoms with Crippen molar-refractivity contribution < 1.29 is 0 Å². The number of imidazole rings is 1. The summed E-state index contributed by atoms with van der Waals surface area (Å²) in [4.78, 5) is 7.26. The molecule has 0 aliphatic carbocycles. The molecule has 1 atom stereocenters. The van der Waals surface area contributed by atoms with Crippen LogP contribution < -0.4 is 0 Å². The molecule has 0 N–H and O–H groups in total. The van der Waals surface area contributed by atoms with Crippen molar-refractivity contribution in [3.63, 3.8) is 0 Å². The van der Waals surface area contributed by atoms with Crippen LogP contribution in [0.2, 0.25) is 0 Å². The number of benzene rings is 1. The molecule has 1 saturated heterocycles. The van der Waals surface area contributed by atoms with E-state index in [0.717, 1.165) is 24.3 Å². The highest BCUT2D eigenvalue weighted by atomic mass is 35.5. The van der Waals surface area contributed by atoms with Crippen LogP contribution in [-0.2, 0) is 13.0 Å². The van der Waals surface area contributed by atoms with Gasteiger partial charge in [0.15, 0.2) is 0 Å². The monoisotopic (exact) mass is 291 g/mol. The Morgan fingerprint density at radius 2 is 2.25 bits per heavy atom. The SMILES string of the molecule is Cc1cccc2nc(CCCl)n(CC3CCCN3C)c12. The molecule has 2 aromatic rings. The van der Waals surface area contributed by atoms with E-state index in [0.29, 0.717) is 11.9 Å². The second kappa shape index (κ2) is 5.74. The van der Waals surface area contributed by atoms with E-state index < -0.39 is 0 Å². The average molecular weight is 292 g/mol. The molecule has 0 saturated carbocycles. The zero-order chi connectivity index (χ0) is 14.1. The number of para-hydroxylation sites is 1. The molecular weight excluding hydrogens is 270 g/mol. The molecule has 1 aromatic heterocycles. The number of aryl methyl sites for hydroxylation is 2. The molecule has 0 spiro atoms. The third-order valence-corrected chi connectivity index (χ3v) is 4.62. The summed E-state index contributed by atoms with van der Waals surface area (Å²) < 4.78 is 2.40. The molecule has 1 fully saturated rings. The Labute approximate surface area is 125 Å². The third-order valence-electron chi connectivity index (χ3n) is 4.43. The number of likely N-dealkylation sites (tertiary alicyclic amines) is 1. The van der Waals surface area contributed by atoms with E-state index in [9.17, 15) is 0 Å². The predicted molar refractivity (Wildman–Crippen MR) is 84.5 cm³/mol. The van der Waals surface area contributed by atoms with Crippen molar-refractivity contribution in [1.29, 1.82) is 0 Å². The minimum absolute atomic E-state index is 0.626. The Hall–Kier alpha value is -1.06. The van der Waals surface area contributed by atoms with Crippen LogP contribution in [0, 0.1) is 6.92 Å². The van der Waals surface area contributed by atoms with Crippen LogP contribution in [0.5, 0.6) is 0 Å². The zero-order valence-electron chi connectivity index (χ0n) is 12.3. The molecule has 1 unspecified atom stereocenters. The van der Waals surface area contributed by atoms with E-state index >= 15 is 0 Å². The van der Waals surface area contributed by atoms with E-state index in [1.165, 1.54) is 30.5 Å². The van der Waals surface area contributed by atoms with Crippen molar-refractivity contribution in [2.75, 3.05) is 19.5 Å². The van der Waals surface area contributed by atoms with E-state index in [2.05, 4.69) is 41.6 Å². The van der Waals surface area contributed by atoms with Gasteiger partial charge in [0.1, 0.15) is 5.82 Å². The number of likely N-dealkylation sites (N-methyl/N-ethyl adjacent to an activating group) is 1. The number of rotatable bonds is 4. The Bertz CT molecular complexity index is 605. The van der Waals surface area contributed by atoms with Crippen molar-refractivity contribution in [2.24, 2.45) is 0 Å². The van der Waals surface area contributed by atoms with Gasteiger partial charge in [-0.25, -0.2) is 4.98 Å². The first-order valence-electron chi connectivity index (χ1n) is 7.41. The van der Waals surface area contributed by atoms with Gasteiger partial charge in [0.05, 0.1) is 11.0 Å². The number of alkyl halides is 1. The fourth-order valence-corrected chi connectivity index (χ4v) is 3.48. The van der Waals surface area contributed by atoms with E-state index in [4.69, 9.17) is 16.6 Å². The molecule has 20 heavy (non-hydrogen) atoms. The summed E-state index contributed by atoms with van der Waals surface area (Å²) in [5, 5.41) is 0. The van der Waals surface area contributed by atoms with Gasteiger partial charge < -0.3 is 9.47 Å². The van der Waals surface area contributed by atoms with Gasteiger partial charge in [0.25, 0.3) is 0 Å². The van der Waals surface area contributed by atoms with Crippen LogP contribution in [0.25, 0.3) is 11.0 Å². The summed E-state index contributed by atoms with van der Waals surface area (Å²) in [6, 6.07) is 6.99. The number of nitrogens with zero attached hydrogens (tertiary/aromatic N) is 3. The maximum atomic E-state index is 5.96. The lowest BCUT2D eigenvalue weighted by Gasteiger charge is -2.21. The molecule has 0 amide bonds. The molecule has 3 rings (SSSR count). The van der Waals surface area contributed by atoms with E-state index in [1.54, 1.807) is 0 Å². The maximum absolute atomic E-state index is 5.96. The maximum Gasteiger partial charge on any atom is 0.111 e. The minimum Gasteiger partial charge on any atom is -0.326 e. The molecule has 1 aliphatic rings. The first-order valence-corrected chi connectivity index (χ1v) is 7.95. The second-order valence-corrected chi connectivity index (χ2v) is 6.17. The van der Waals surface area contributed by atoms with Crippen molar-refractivity contribution in [2.45, 2.75) is 38.8 Å². The molecule has 108 valence electrons. The summed E-state index contributed by atoms with van der Waals surface area (Å²) >= 11 is 5.96. The topological polar surface area (TPSA) is 21.1 Å². The van der Waals surface area contributed by atoms with Gasteiger partial charge in [-0.3, -0.25) is 0 Å². The molecule has 0 bridgehead atoms. The minimum atomic E-state index is 0.626. The summed E-state index contributed by atoms with van der Waals surface area (Å²) in [5.74, 6) is 1.76.